The van der Waals surface area contributed by atoms with E-state index in [1.54, 1.807) is 11.7 Å². The second-order valence-corrected chi connectivity index (χ2v) is 6.92. The van der Waals surface area contributed by atoms with Crippen LogP contribution in [0, 0.1) is 6.92 Å². The molecule has 0 aliphatic carbocycles. The highest BCUT2D eigenvalue weighted by atomic mass is 16.2. The predicted octanol–water partition coefficient (Wildman–Crippen LogP) is 2.68. The highest BCUT2D eigenvalue weighted by molar-refractivity contribution is 5.93. The highest BCUT2D eigenvalue weighted by Gasteiger charge is 2.24. The summed E-state index contributed by atoms with van der Waals surface area (Å²) in [5, 5.41) is 8.55. The Morgan fingerprint density at radius 3 is 2.88 bits per heavy atom. The number of anilines is 1. The minimum absolute atomic E-state index is 0.0635. The standard InChI is InChI=1S/C20H23N5O/c1-14-12-18(24(2)23-14)20(26)21-16-7-5-11-25(13-16)19-10-9-15-6-3-4-8-17(15)22-19/h3-4,6,8-10,12,16H,5,7,11,13H2,1-2H3,(H,21,26). The fourth-order valence-electron chi connectivity index (χ4n) is 3.62. The molecule has 1 atom stereocenters. The number of aryl methyl sites for hydroxylation is 2. The van der Waals surface area contributed by atoms with Gasteiger partial charge in [-0.25, -0.2) is 4.98 Å². The predicted molar refractivity (Wildman–Crippen MR) is 102 cm³/mol. The molecule has 0 saturated carbocycles. The van der Waals surface area contributed by atoms with Crippen LogP contribution in [0.3, 0.4) is 0 Å². The number of para-hydroxylation sites is 1. The van der Waals surface area contributed by atoms with E-state index in [9.17, 15) is 4.79 Å². The van der Waals surface area contributed by atoms with Crippen LogP contribution in [0.4, 0.5) is 5.82 Å². The Morgan fingerprint density at radius 1 is 1.23 bits per heavy atom. The maximum atomic E-state index is 12.6. The summed E-state index contributed by atoms with van der Waals surface area (Å²) >= 11 is 0. The number of nitrogens with one attached hydrogen (secondary N) is 1. The lowest BCUT2D eigenvalue weighted by atomic mass is 10.1. The Labute approximate surface area is 152 Å². The number of fused-ring (bicyclic) bond motifs is 1. The van der Waals surface area contributed by atoms with Crippen molar-refractivity contribution >= 4 is 22.6 Å². The summed E-state index contributed by atoms with van der Waals surface area (Å²) in [6.07, 6.45) is 2.01. The molecule has 1 N–H and O–H groups in total. The summed E-state index contributed by atoms with van der Waals surface area (Å²) < 4.78 is 1.64. The first kappa shape index (κ1) is 16.6. The first-order valence-electron chi connectivity index (χ1n) is 9.02. The molecule has 26 heavy (non-hydrogen) atoms. The molecule has 0 spiro atoms. The summed E-state index contributed by atoms with van der Waals surface area (Å²) in [5.41, 5.74) is 2.45. The van der Waals surface area contributed by atoms with Crippen molar-refractivity contribution in [3.63, 3.8) is 0 Å². The molecule has 134 valence electrons. The van der Waals surface area contributed by atoms with Crippen molar-refractivity contribution in [2.24, 2.45) is 7.05 Å². The van der Waals surface area contributed by atoms with E-state index < -0.39 is 0 Å². The molecular formula is C20H23N5O. The molecule has 1 unspecified atom stereocenters. The van der Waals surface area contributed by atoms with Gasteiger partial charge in [0.25, 0.3) is 5.91 Å². The van der Waals surface area contributed by atoms with Crippen molar-refractivity contribution in [2.75, 3.05) is 18.0 Å². The second kappa shape index (κ2) is 6.78. The lowest BCUT2D eigenvalue weighted by molar-refractivity contribution is 0.0923. The zero-order valence-electron chi connectivity index (χ0n) is 15.1. The molecule has 1 amide bonds. The van der Waals surface area contributed by atoms with Gasteiger partial charge >= 0.3 is 0 Å². The van der Waals surface area contributed by atoms with E-state index in [-0.39, 0.29) is 11.9 Å². The van der Waals surface area contributed by atoms with Gasteiger partial charge in [0.2, 0.25) is 0 Å². The number of aromatic nitrogens is 3. The summed E-state index contributed by atoms with van der Waals surface area (Å²) in [6.45, 7) is 3.63. The summed E-state index contributed by atoms with van der Waals surface area (Å²) in [4.78, 5) is 19.6. The molecule has 2 aromatic heterocycles. The van der Waals surface area contributed by atoms with Gasteiger partial charge in [-0.2, -0.15) is 5.10 Å². The maximum Gasteiger partial charge on any atom is 0.269 e. The lowest BCUT2D eigenvalue weighted by Gasteiger charge is -2.34. The monoisotopic (exact) mass is 349 g/mol. The van der Waals surface area contributed by atoms with E-state index in [1.807, 2.05) is 31.2 Å². The molecule has 1 aliphatic rings. The van der Waals surface area contributed by atoms with Gasteiger partial charge in [0, 0.05) is 31.6 Å². The second-order valence-electron chi connectivity index (χ2n) is 6.92. The summed E-state index contributed by atoms with van der Waals surface area (Å²) in [5.74, 6) is 0.908. The lowest BCUT2D eigenvalue weighted by Crippen LogP contribution is -2.48. The maximum absolute atomic E-state index is 12.6. The van der Waals surface area contributed by atoms with Crippen LogP contribution in [0.2, 0.25) is 0 Å². The van der Waals surface area contributed by atoms with Crippen LogP contribution in [0.5, 0.6) is 0 Å². The van der Waals surface area contributed by atoms with Gasteiger partial charge in [0.05, 0.1) is 11.2 Å². The van der Waals surface area contributed by atoms with E-state index in [0.717, 1.165) is 48.3 Å². The van der Waals surface area contributed by atoms with Crippen LogP contribution in [0.15, 0.2) is 42.5 Å². The molecule has 0 bridgehead atoms. The molecule has 3 aromatic rings. The number of benzene rings is 1. The molecule has 1 aromatic carbocycles. The van der Waals surface area contributed by atoms with Gasteiger partial charge in [0.1, 0.15) is 11.5 Å². The number of pyridine rings is 1. The largest absolute Gasteiger partial charge is 0.355 e. The van der Waals surface area contributed by atoms with Crippen molar-refractivity contribution in [3.8, 4) is 0 Å². The van der Waals surface area contributed by atoms with E-state index >= 15 is 0 Å². The van der Waals surface area contributed by atoms with Crippen LogP contribution < -0.4 is 10.2 Å². The van der Waals surface area contributed by atoms with E-state index in [0.29, 0.717) is 5.69 Å². The van der Waals surface area contributed by atoms with E-state index in [1.165, 1.54) is 0 Å². The Balaban J connectivity index is 1.48. The first-order valence-corrected chi connectivity index (χ1v) is 9.02. The van der Waals surface area contributed by atoms with Crippen molar-refractivity contribution in [1.29, 1.82) is 0 Å². The molecule has 1 fully saturated rings. The number of amides is 1. The SMILES string of the molecule is Cc1cc(C(=O)NC2CCCN(c3ccc4ccccc4n3)C2)n(C)n1. The van der Waals surface area contributed by atoms with Crippen molar-refractivity contribution < 1.29 is 4.79 Å². The molecular weight excluding hydrogens is 326 g/mol. The zero-order valence-corrected chi connectivity index (χ0v) is 15.1. The number of carbonyl (C=O) groups excluding carboxylic acids is 1. The van der Waals surface area contributed by atoms with Crippen LogP contribution in [-0.4, -0.2) is 39.8 Å². The van der Waals surface area contributed by atoms with Crippen molar-refractivity contribution in [2.45, 2.75) is 25.8 Å². The third kappa shape index (κ3) is 3.27. The number of hydrogen-bond acceptors (Lipinski definition) is 4. The summed E-state index contributed by atoms with van der Waals surface area (Å²) in [6, 6.07) is 14.2. The quantitative estimate of drug-likeness (QED) is 0.790. The average molecular weight is 349 g/mol. The van der Waals surface area contributed by atoms with Crippen LogP contribution in [-0.2, 0) is 7.05 Å². The number of nitrogens with zero attached hydrogens (tertiary/aromatic N) is 4. The van der Waals surface area contributed by atoms with Gasteiger partial charge in [0.15, 0.2) is 0 Å². The Morgan fingerprint density at radius 2 is 2.08 bits per heavy atom. The molecule has 6 nitrogen and oxygen atoms in total. The van der Waals surface area contributed by atoms with E-state index in [2.05, 4.69) is 33.5 Å². The number of hydrogen-bond donors (Lipinski definition) is 1. The fourth-order valence-corrected chi connectivity index (χ4v) is 3.62. The highest BCUT2D eigenvalue weighted by Crippen LogP contribution is 2.21. The fraction of sp³-hybridized carbons (Fsp3) is 0.350. The molecule has 6 heteroatoms. The number of carbonyl (C=O) groups is 1. The van der Waals surface area contributed by atoms with Crippen molar-refractivity contribution in [3.05, 3.63) is 53.9 Å². The third-order valence-corrected chi connectivity index (χ3v) is 4.90. The van der Waals surface area contributed by atoms with Crippen LogP contribution >= 0.6 is 0 Å². The number of piperidine rings is 1. The normalized spacial score (nSPS) is 17.5. The van der Waals surface area contributed by atoms with Gasteiger partial charge in [-0.3, -0.25) is 9.48 Å². The molecule has 1 saturated heterocycles. The Bertz CT molecular complexity index is 948. The Hall–Kier alpha value is -2.89. The minimum atomic E-state index is -0.0635. The smallest absolute Gasteiger partial charge is 0.269 e. The molecule has 4 rings (SSSR count). The molecule has 3 heterocycles. The van der Waals surface area contributed by atoms with Gasteiger partial charge in [-0.05, 0) is 44.0 Å². The van der Waals surface area contributed by atoms with Crippen LogP contribution in [0.25, 0.3) is 10.9 Å². The van der Waals surface area contributed by atoms with E-state index in [4.69, 9.17) is 4.98 Å². The van der Waals surface area contributed by atoms with Gasteiger partial charge in [-0.15, -0.1) is 0 Å². The van der Waals surface area contributed by atoms with Gasteiger partial charge < -0.3 is 10.2 Å². The molecule has 1 aliphatic heterocycles. The third-order valence-electron chi connectivity index (χ3n) is 4.90. The zero-order chi connectivity index (χ0) is 18.1. The Kier molecular flexibility index (Phi) is 4.32. The minimum Gasteiger partial charge on any atom is -0.355 e. The van der Waals surface area contributed by atoms with Crippen molar-refractivity contribution in [1.82, 2.24) is 20.1 Å². The van der Waals surface area contributed by atoms with Crippen LogP contribution in [0.1, 0.15) is 29.0 Å². The average Bonchev–Trinajstić information content (AvgIpc) is 3.00. The van der Waals surface area contributed by atoms with Gasteiger partial charge in [-0.1, -0.05) is 18.2 Å². The topological polar surface area (TPSA) is 63.1 Å². The molecule has 0 radical (unpaired) electrons. The first-order chi connectivity index (χ1) is 12.6. The summed E-state index contributed by atoms with van der Waals surface area (Å²) in [7, 11) is 1.80. The number of rotatable bonds is 3.